The van der Waals surface area contributed by atoms with Crippen LogP contribution in [0.25, 0.3) is 0 Å². The van der Waals surface area contributed by atoms with E-state index in [0.29, 0.717) is 26.1 Å². The van der Waals surface area contributed by atoms with E-state index in [0.717, 1.165) is 12.8 Å². The van der Waals surface area contributed by atoms with Crippen LogP contribution in [0.1, 0.15) is 26.2 Å². The van der Waals surface area contributed by atoms with Crippen LogP contribution in [0, 0.1) is 11.8 Å². The Balaban J connectivity index is 2.00. The molecule has 2 rings (SSSR count). The quantitative estimate of drug-likeness (QED) is 0.761. The van der Waals surface area contributed by atoms with Gasteiger partial charge in [-0.15, -0.1) is 0 Å². The number of carbonyl (C=O) groups is 3. The van der Waals surface area contributed by atoms with E-state index in [-0.39, 0.29) is 24.0 Å². The molecule has 3 unspecified atom stereocenters. The third-order valence-corrected chi connectivity index (χ3v) is 4.54. The molecule has 2 amide bonds. The summed E-state index contributed by atoms with van der Waals surface area (Å²) >= 11 is 0. The van der Waals surface area contributed by atoms with E-state index in [4.69, 9.17) is 9.84 Å². The van der Waals surface area contributed by atoms with Crippen molar-refractivity contribution in [3.8, 4) is 0 Å². The minimum atomic E-state index is -0.858. The monoisotopic (exact) mass is 298 g/mol. The Hall–Kier alpha value is -1.79. The Morgan fingerprint density at radius 2 is 1.90 bits per heavy atom. The topological polar surface area (TPSA) is 87.2 Å². The summed E-state index contributed by atoms with van der Waals surface area (Å²) in [5.74, 6) is -1.93. The van der Waals surface area contributed by atoms with Crippen LogP contribution in [0.4, 0.5) is 4.79 Å². The maximum atomic E-state index is 12.5. The molecule has 2 aliphatic rings. The van der Waals surface area contributed by atoms with Crippen LogP contribution in [0.2, 0.25) is 0 Å². The average molecular weight is 298 g/mol. The van der Waals surface area contributed by atoms with Gasteiger partial charge in [0.15, 0.2) is 0 Å². The van der Waals surface area contributed by atoms with Crippen LogP contribution in [0.3, 0.4) is 0 Å². The zero-order valence-electron chi connectivity index (χ0n) is 12.4. The number of amides is 2. The van der Waals surface area contributed by atoms with Crippen LogP contribution in [0.15, 0.2) is 0 Å². The van der Waals surface area contributed by atoms with Gasteiger partial charge < -0.3 is 19.6 Å². The van der Waals surface area contributed by atoms with Crippen molar-refractivity contribution in [2.24, 2.45) is 11.8 Å². The fraction of sp³-hybridized carbons (Fsp3) is 0.786. The highest BCUT2D eigenvalue weighted by atomic mass is 16.5. The molecule has 2 fully saturated rings. The molecule has 2 heterocycles. The molecule has 0 aromatic carbocycles. The van der Waals surface area contributed by atoms with E-state index < -0.39 is 11.9 Å². The number of rotatable bonds is 2. The molecule has 118 valence electrons. The van der Waals surface area contributed by atoms with Crippen molar-refractivity contribution >= 4 is 18.0 Å². The Morgan fingerprint density at radius 3 is 2.48 bits per heavy atom. The molecule has 7 nitrogen and oxygen atoms in total. The Kier molecular flexibility index (Phi) is 4.69. The summed E-state index contributed by atoms with van der Waals surface area (Å²) in [7, 11) is 1.35. The number of methoxy groups -OCH3 is 1. The number of likely N-dealkylation sites (tertiary alicyclic amines) is 2. The number of aliphatic carboxylic acids is 1. The van der Waals surface area contributed by atoms with Crippen molar-refractivity contribution in [1.82, 2.24) is 9.80 Å². The summed E-state index contributed by atoms with van der Waals surface area (Å²) < 4.78 is 4.74. The van der Waals surface area contributed by atoms with Crippen LogP contribution >= 0.6 is 0 Å². The minimum absolute atomic E-state index is 0.167. The lowest BCUT2D eigenvalue weighted by Gasteiger charge is -2.35. The van der Waals surface area contributed by atoms with Gasteiger partial charge in [-0.25, -0.2) is 4.79 Å². The lowest BCUT2D eigenvalue weighted by Crippen LogP contribution is -2.50. The number of carboxylic acid groups (broad SMARTS) is 1. The number of piperidine rings is 1. The van der Waals surface area contributed by atoms with Crippen LogP contribution in [-0.2, 0) is 14.3 Å². The summed E-state index contributed by atoms with van der Waals surface area (Å²) in [5, 5.41) is 9.13. The predicted molar refractivity (Wildman–Crippen MR) is 73.6 cm³/mol. The third-order valence-electron chi connectivity index (χ3n) is 4.54. The highest BCUT2D eigenvalue weighted by Crippen LogP contribution is 2.27. The first-order valence-corrected chi connectivity index (χ1v) is 7.32. The van der Waals surface area contributed by atoms with Gasteiger partial charge >= 0.3 is 18.0 Å². The van der Waals surface area contributed by atoms with Gasteiger partial charge in [0, 0.05) is 25.7 Å². The molecule has 0 bridgehead atoms. The first kappa shape index (κ1) is 15.6. The first-order chi connectivity index (χ1) is 9.95. The van der Waals surface area contributed by atoms with Crippen molar-refractivity contribution in [1.29, 1.82) is 0 Å². The standard InChI is InChI=1S/C14H22N2O5/c1-9-11(12(17)18)5-7-16(9)14(20)15-6-3-4-10(8-15)13(19)21-2/h9-11H,3-8H2,1-2H3,(H,17,18). The first-order valence-electron chi connectivity index (χ1n) is 7.32. The zero-order valence-corrected chi connectivity index (χ0v) is 12.4. The molecule has 7 heteroatoms. The maximum absolute atomic E-state index is 12.5. The largest absolute Gasteiger partial charge is 0.481 e. The van der Waals surface area contributed by atoms with Crippen molar-refractivity contribution < 1.29 is 24.2 Å². The van der Waals surface area contributed by atoms with Gasteiger partial charge in [-0.05, 0) is 26.2 Å². The molecule has 0 spiro atoms. The number of esters is 1. The number of carboxylic acids is 1. The predicted octanol–water partition coefficient (Wildman–Crippen LogP) is 0.786. The zero-order chi connectivity index (χ0) is 15.6. The van der Waals surface area contributed by atoms with Crippen molar-refractivity contribution in [2.45, 2.75) is 32.2 Å². The number of hydrogen-bond acceptors (Lipinski definition) is 4. The van der Waals surface area contributed by atoms with Crippen LogP contribution in [-0.4, -0.2) is 65.7 Å². The third kappa shape index (κ3) is 3.11. The summed E-state index contributed by atoms with van der Waals surface area (Å²) in [5.41, 5.74) is 0. The van der Waals surface area contributed by atoms with Gasteiger partial charge in [0.25, 0.3) is 0 Å². The van der Waals surface area contributed by atoms with E-state index in [9.17, 15) is 14.4 Å². The second-order valence-corrected chi connectivity index (χ2v) is 5.76. The SMILES string of the molecule is COC(=O)C1CCCN(C(=O)N2CCC(C(=O)O)C2C)C1. The Bertz CT molecular complexity index is 439. The van der Waals surface area contributed by atoms with E-state index in [2.05, 4.69) is 0 Å². The fourth-order valence-corrected chi connectivity index (χ4v) is 3.23. The van der Waals surface area contributed by atoms with Gasteiger partial charge in [0.05, 0.1) is 18.9 Å². The molecular formula is C14H22N2O5. The normalized spacial score (nSPS) is 29.3. The molecule has 2 aliphatic heterocycles. The van der Waals surface area contributed by atoms with E-state index in [1.54, 1.807) is 16.7 Å². The second kappa shape index (κ2) is 6.32. The molecule has 0 saturated carbocycles. The molecule has 3 atom stereocenters. The Morgan fingerprint density at radius 1 is 1.19 bits per heavy atom. The molecule has 2 saturated heterocycles. The summed E-state index contributed by atoms with van der Waals surface area (Å²) in [6, 6.07) is -0.478. The molecule has 0 aromatic heterocycles. The molecule has 1 N–H and O–H groups in total. The smallest absolute Gasteiger partial charge is 0.320 e. The van der Waals surface area contributed by atoms with Gasteiger partial charge in [-0.3, -0.25) is 9.59 Å². The Labute approximate surface area is 123 Å². The molecule has 21 heavy (non-hydrogen) atoms. The van der Waals surface area contributed by atoms with Gasteiger partial charge in [-0.2, -0.15) is 0 Å². The molecule has 0 aliphatic carbocycles. The second-order valence-electron chi connectivity index (χ2n) is 5.76. The van der Waals surface area contributed by atoms with E-state index in [1.165, 1.54) is 7.11 Å². The molecular weight excluding hydrogens is 276 g/mol. The van der Waals surface area contributed by atoms with Crippen molar-refractivity contribution in [3.05, 3.63) is 0 Å². The van der Waals surface area contributed by atoms with Crippen LogP contribution in [0.5, 0.6) is 0 Å². The lowest BCUT2D eigenvalue weighted by molar-refractivity contribution is -0.147. The number of urea groups is 1. The van der Waals surface area contributed by atoms with Gasteiger partial charge in [0.2, 0.25) is 0 Å². The van der Waals surface area contributed by atoms with Gasteiger partial charge in [0.1, 0.15) is 0 Å². The van der Waals surface area contributed by atoms with Crippen molar-refractivity contribution in [2.75, 3.05) is 26.7 Å². The van der Waals surface area contributed by atoms with Crippen LogP contribution < -0.4 is 0 Å². The maximum Gasteiger partial charge on any atom is 0.320 e. The average Bonchev–Trinajstić information content (AvgIpc) is 2.87. The number of nitrogens with zero attached hydrogens (tertiary/aromatic N) is 2. The van der Waals surface area contributed by atoms with Crippen molar-refractivity contribution in [3.63, 3.8) is 0 Å². The lowest BCUT2D eigenvalue weighted by atomic mass is 9.98. The van der Waals surface area contributed by atoms with Gasteiger partial charge in [-0.1, -0.05) is 0 Å². The summed E-state index contributed by atoms with van der Waals surface area (Å²) in [6.45, 7) is 3.18. The molecule has 0 radical (unpaired) electrons. The van der Waals surface area contributed by atoms with E-state index >= 15 is 0 Å². The van der Waals surface area contributed by atoms with E-state index in [1.807, 2.05) is 0 Å². The fourth-order valence-electron chi connectivity index (χ4n) is 3.23. The number of carbonyl (C=O) groups excluding carboxylic acids is 2. The minimum Gasteiger partial charge on any atom is -0.481 e. The summed E-state index contributed by atoms with van der Waals surface area (Å²) in [4.78, 5) is 38.5. The molecule has 0 aromatic rings. The highest BCUT2D eigenvalue weighted by Gasteiger charge is 2.40. The highest BCUT2D eigenvalue weighted by molar-refractivity contribution is 5.79. The summed E-state index contributed by atoms with van der Waals surface area (Å²) in [6.07, 6.45) is 1.97. The number of hydrogen-bond donors (Lipinski definition) is 1. The number of ether oxygens (including phenoxy) is 1.